The number of anilines is 7. The fourth-order valence-electron chi connectivity index (χ4n) is 8.81. The molecule has 7 heteroatoms. The maximum absolute atomic E-state index is 7.30. The molecule has 61 heavy (non-hydrogen) atoms. The Hall–Kier alpha value is -8.00. The molecule has 6 nitrogen and oxygen atoms in total. The Morgan fingerprint density at radius 2 is 0.754 bits per heavy atom. The molecule has 1 aromatic heterocycles. The molecule has 288 valence electrons. The third-order valence-corrected chi connectivity index (χ3v) is 11.7. The summed E-state index contributed by atoms with van der Waals surface area (Å²) in [5.41, 5.74) is 22.9. The second-order valence-corrected chi connectivity index (χ2v) is 15.2. The number of aromatic nitrogens is 2. The van der Waals surface area contributed by atoms with E-state index < -0.39 is 0 Å². The second kappa shape index (κ2) is 15.0. The zero-order valence-electron chi connectivity index (χ0n) is 32.9. The van der Waals surface area contributed by atoms with Crippen molar-refractivity contribution in [1.29, 1.82) is 0 Å². The van der Waals surface area contributed by atoms with E-state index >= 15 is 0 Å². The number of nitrogens with two attached hydrogens (primary N) is 1. The molecule has 0 unspecified atom stereocenters. The molecule has 0 fully saturated rings. The lowest BCUT2D eigenvalue weighted by molar-refractivity contribution is 1.28. The molecule has 0 spiro atoms. The molecule has 0 bridgehead atoms. The normalized spacial score (nSPS) is 11.4. The zero-order chi connectivity index (χ0) is 40.9. The number of rotatable bonds is 9. The van der Waals surface area contributed by atoms with Crippen molar-refractivity contribution in [3.05, 3.63) is 206 Å². The van der Waals surface area contributed by atoms with Gasteiger partial charge in [0.05, 0.1) is 17.1 Å². The summed E-state index contributed by atoms with van der Waals surface area (Å²) >= 11 is 5.61. The van der Waals surface area contributed by atoms with Gasteiger partial charge >= 0.3 is 0 Å². The molecule has 0 saturated heterocycles. The molecule has 0 saturated carbocycles. The van der Waals surface area contributed by atoms with Crippen LogP contribution in [0.4, 0.5) is 45.5 Å². The number of benzene rings is 9. The van der Waals surface area contributed by atoms with Crippen LogP contribution in [-0.4, -0.2) is 9.97 Å². The van der Waals surface area contributed by atoms with Crippen LogP contribution in [0.2, 0.25) is 0 Å². The zero-order valence-corrected chi connectivity index (χ0v) is 33.7. The Labute approximate surface area is 359 Å². The number of hydrogen-bond donors (Lipinski definition) is 1. The third-order valence-electron chi connectivity index (χ3n) is 11.5. The molecule has 10 aromatic rings. The van der Waals surface area contributed by atoms with E-state index in [0.717, 1.165) is 89.7 Å². The first-order valence-corrected chi connectivity index (χ1v) is 20.6. The molecule has 0 atom stereocenters. The summed E-state index contributed by atoms with van der Waals surface area (Å²) < 4.78 is 4.50. The number of para-hydroxylation sites is 4. The molecular formula is C54H36N6S. The average molecular weight is 801 g/mol. The van der Waals surface area contributed by atoms with Gasteiger partial charge < -0.3 is 15.5 Å². The van der Waals surface area contributed by atoms with Crippen molar-refractivity contribution in [3.63, 3.8) is 0 Å². The van der Waals surface area contributed by atoms with Gasteiger partial charge in [-0.3, -0.25) is 0 Å². The van der Waals surface area contributed by atoms with E-state index in [9.17, 15) is 0 Å². The van der Waals surface area contributed by atoms with Crippen LogP contribution >= 0.6 is 0 Å². The minimum absolute atomic E-state index is 0.454. The summed E-state index contributed by atoms with van der Waals surface area (Å²) in [6, 6.07) is 71.1. The van der Waals surface area contributed by atoms with Gasteiger partial charge in [-0.25, -0.2) is 9.97 Å². The number of hydrogen-bond acceptors (Lipinski definition) is 7. The van der Waals surface area contributed by atoms with E-state index in [0.29, 0.717) is 22.4 Å². The van der Waals surface area contributed by atoms with Crippen LogP contribution < -0.4 is 15.5 Å². The standard InChI is InChI=1S/C54H36N6S/c55-49-47(36-27-31-42(32-28-36)59(38-17-5-1-6-18-38)39-19-7-2-8-20-39)53-54(57-51-45-26-14-16-35-15-13-25-44(46(35)45)50(51)56-53)48(52(49)58-61)37-29-33-43(34-30-37)60(40-21-9-3-10-22-40)41-23-11-4-12-24-41/h1-34H,55H2. The third kappa shape index (κ3) is 6.10. The van der Waals surface area contributed by atoms with Crippen molar-refractivity contribution in [1.82, 2.24) is 9.97 Å². The van der Waals surface area contributed by atoms with Gasteiger partial charge in [-0.2, -0.15) is 4.36 Å². The summed E-state index contributed by atoms with van der Waals surface area (Å²) in [6.45, 7) is 0. The monoisotopic (exact) mass is 800 g/mol. The Morgan fingerprint density at radius 3 is 1.15 bits per heavy atom. The van der Waals surface area contributed by atoms with Gasteiger partial charge in [0.1, 0.15) is 16.7 Å². The molecule has 1 aliphatic rings. The maximum Gasteiger partial charge on any atom is 0.111 e. The summed E-state index contributed by atoms with van der Waals surface area (Å²) in [7, 11) is 0. The Morgan fingerprint density at radius 1 is 0.393 bits per heavy atom. The van der Waals surface area contributed by atoms with Gasteiger partial charge in [0.2, 0.25) is 0 Å². The van der Waals surface area contributed by atoms with Gasteiger partial charge in [-0.05, 0) is 89.3 Å². The van der Waals surface area contributed by atoms with Crippen LogP contribution in [0.5, 0.6) is 0 Å². The molecule has 2 N–H and O–H groups in total. The van der Waals surface area contributed by atoms with E-state index in [1.165, 1.54) is 0 Å². The SMILES string of the molecule is Nc1c(N=S)c(-c2ccc(N(c3ccccc3)c3ccccc3)cc2)c2nc3c(nc2c1-c1ccc(N(c2ccccc2)c2ccccc2)cc1)-c1cccc2cccc-3c12. The molecule has 0 aliphatic heterocycles. The summed E-state index contributed by atoms with van der Waals surface area (Å²) in [6.07, 6.45) is 0. The number of nitrogen functional groups attached to an aromatic ring is 1. The minimum Gasteiger partial charge on any atom is -0.396 e. The van der Waals surface area contributed by atoms with Crippen molar-refractivity contribution in [2.75, 3.05) is 15.5 Å². The Kier molecular flexibility index (Phi) is 8.87. The van der Waals surface area contributed by atoms with E-state index in [2.05, 4.69) is 196 Å². The first-order chi connectivity index (χ1) is 30.2. The largest absolute Gasteiger partial charge is 0.396 e. The van der Waals surface area contributed by atoms with E-state index in [1.807, 2.05) is 24.3 Å². The lowest BCUT2D eigenvalue weighted by Crippen LogP contribution is -2.09. The predicted molar refractivity (Wildman–Crippen MR) is 256 cm³/mol. The van der Waals surface area contributed by atoms with Crippen LogP contribution in [0, 0.1) is 0 Å². The van der Waals surface area contributed by atoms with Gasteiger partial charge in [-0.15, -0.1) is 0 Å². The molecule has 1 heterocycles. The lowest BCUT2D eigenvalue weighted by Gasteiger charge is -2.26. The highest BCUT2D eigenvalue weighted by atomic mass is 32.1. The van der Waals surface area contributed by atoms with Crippen molar-refractivity contribution < 1.29 is 0 Å². The Balaban J connectivity index is 1.11. The van der Waals surface area contributed by atoms with Gasteiger partial charge in [-0.1, -0.05) is 133 Å². The second-order valence-electron chi connectivity index (χ2n) is 15.0. The quantitative estimate of drug-likeness (QED) is 0.147. The van der Waals surface area contributed by atoms with Crippen LogP contribution in [0.25, 0.3) is 66.6 Å². The fourth-order valence-corrected chi connectivity index (χ4v) is 9.00. The summed E-state index contributed by atoms with van der Waals surface area (Å²) in [5, 5.41) is 2.30. The van der Waals surface area contributed by atoms with Gasteiger partial charge in [0.15, 0.2) is 0 Å². The predicted octanol–water partition coefficient (Wildman–Crippen LogP) is 14.6. The van der Waals surface area contributed by atoms with Crippen molar-refractivity contribution in [2.45, 2.75) is 0 Å². The number of nitrogens with zero attached hydrogens (tertiary/aromatic N) is 5. The lowest BCUT2D eigenvalue weighted by atomic mass is 9.92. The topological polar surface area (TPSA) is 70.6 Å². The Bertz CT molecular complexity index is 3170. The first-order valence-electron chi connectivity index (χ1n) is 20.2. The highest BCUT2D eigenvalue weighted by Crippen LogP contribution is 2.52. The van der Waals surface area contributed by atoms with E-state index in [-0.39, 0.29) is 0 Å². The van der Waals surface area contributed by atoms with Crippen LogP contribution in [0.3, 0.4) is 0 Å². The van der Waals surface area contributed by atoms with E-state index in [1.54, 1.807) is 0 Å². The fraction of sp³-hybridized carbons (Fsp3) is 0. The highest BCUT2D eigenvalue weighted by molar-refractivity contribution is 7.47. The molecule has 0 amide bonds. The van der Waals surface area contributed by atoms with E-state index in [4.69, 9.17) is 28.1 Å². The number of fused-ring (bicyclic) bond motifs is 4. The van der Waals surface area contributed by atoms with Crippen molar-refractivity contribution >= 4 is 79.7 Å². The van der Waals surface area contributed by atoms with Crippen LogP contribution in [0.15, 0.2) is 211 Å². The van der Waals surface area contributed by atoms with Gasteiger partial charge in [0.25, 0.3) is 0 Å². The van der Waals surface area contributed by atoms with Crippen LogP contribution in [0.1, 0.15) is 0 Å². The highest BCUT2D eigenvalue weighted by Gasteiger charge is 2.29. The average Bonchev–Trinajstić information content (AvgIpc) is 3.64. The summed E-state index contributed by atoms with van der Waals surface area (Å²) in [4.78, 5) is 15.6. The molecule has 9 aromatic carbocycles. The minimum atomic E-state index is 0.454. The van der Waals surface area contributed by atoms with Crippen molar-refractivity contribution in [3.8, 4) is 44.8 Å². The molecular weight excluding hydrogens is 765 g/mol. The molecule has 0 radical (unpaired) electrons. The molecule has 1 aliphatic carbocycles. The van der Waals surface area contributed by atoms with Gasteiger partial charge in [0, 0.05) is 74.2 Å². The molecule has 11 rings (SSSR count). The summed E-state index contributed by atoms with van der Waals surface area (Å²) in [5.74, 6) is 0. The maximum atomic E-state index is 7.30. The first kappa shape index (κ1) is 36.1. The van der Waals surface area contributed by atoms with Crippen LogP contribution in [-0.2, 0) is 12.4 Å². The smallest absolute Gasteiger partial charge is 0.111 e. The van der Waals surface area contributed by atoms with Crippen molar-refractivity contribution in [2.24, 2.45) is 4.36 Å².